The van der Waals surface area contributed by atoms with E-state index in [2.05, 4.69) is 20.7 Å². The van der Waals surface area contributed by atoms with E-state index in [1.165, 1.54) is 12.1 Å². The van der Waals surface area contributed by atoms with Crippen molar-refractivity contribution in [1.29, 1.82) is 0 Å². The lowest BCUT2D eigenvalue weighted by Crippen LogP contribution is -2.45. The topological polar surface area (TPSA) is 97.2 Å². The molecule has 9 nitrogen and oxygen atoms in total. The van der Waals surface area contributed by atoms with Gasteiger partial charge in [0.2, 0.25) is 5.95 Å². The minimum Gasteiger partial charge on any atom is -0.381 e. The Kier molecular flexibility index (Phi) is 6.83. The van der Waals surface area contributed by atoms with Crippen LogP contribution in [-0.2, 0) is 24.8 Å². The molecular formula is C24H27ClFN7O2. The van der Waals surface area contributed by atoms with E-state index >= 15 is 0 Å². The SMILES string of the molecule is Cn1nccc1[C@@H](NC(=O)N1CCc2cnc(NC3CCOCC3)nc2C1)c1ccc(Cl)c(F)c1. The van der Waals surface area contributed by atoms with Crippen LogP contribution < -0.4 is 10.6 Å². The Morgan fingerprint density at radius 2 is 2.11 bits per heavy atom. The summed E-state index contributed by atoms with van der Waals surface area (Å²) in [5, 5.41) is 10.7. The highest BCUT2D eigenvalue weighted by atomic mass is 35.5. The first kappa shape index (κ1) is 23.5. The normalized spacial score (nSPS) is 17.1. The van der Waals surface area contributed by atoms with Crippen LogP contribution in [-0.4, -0.2) is 56.5 Å². The first-order valence-corrected chi connectivity index (χ1v) is 12.0. The van der Waals surface area contributed by atoms with Crippen molar-refractivity contribution in [3.05, 3.63) is 70.0 Å². The predicted molar refractivity (Wildman–Crippen MR) is 129 cm³/mol. The number of aryl methyl sites for hydroxylation is 1. The molecule has 2 aromatic heterocycles. The summed E-state index contributed by atoms with van der Waals surface area (Å²) in [5.41, 5.74) is 3.16. The van der Waals surface area contributed by atoms with E-state index in [0.29, 0.717) is 31.0 Å². The van der Waals surface area contributed by atoms with Gasteiger partial charge in [-0.25, -0.2) is 19.2 Å². The van der Waals surface area contributed by atoms with E-state index in [0.717, 1.165) is 43.0 Å². The molecule has 184 valence electrons. The summed E-state index contributed by atoms with van der Waals surface area (Å²) >= 11 is 5.88. The van der Waals surface area contributed by atoms with Crippen LogP contribution in [0.3, 0.4) is 0 Å². The lowest BCUT2D eigenvalue weighted by Gasteiger charge is -2.31. The Morgan fingerprint density at radius 3 is 2.86 bits per heavy atom. The fourth-order valence-corrected chi connectivity index (χ4v) is 4.59. The van der Waals surface area contributed by atoms with Crippen LogP contribution in [0.5, 0.6) is 0 Å². The minimum atomic E-state index is -0.598. The molecule has 3 aromatic rings. The van der Waals surface area contributed by atoms with Gasteiger partial charge in [-0.3, -0.25) is 4.68 Å². The Labute approximate surface area is 207 Å². The largest absolute Gasteiger partial charge is 0.381 e. The molecule has 2 amide bonds. The maximum atomic E-state index is 14.2. The first-order chi connectivity index (χ1) is 17.0. The molecule has 2 N–H and O–H groups in total. The number of benzene rings is 1. The van der Waals surface area contributed by atoms with E-state index in [9.17, 15) is 9.18 Å². The molecule has 1 saturated heterocycles. The van der Waals surface area contributed by atoms with Gasteiger partial charge in [0, 0.05) is 45.2 Å². The number of fused-ring (bicyclic) bond motifs is 1. The molecule has 1 atom stereocenters. The van der Waals surface area contributed by atoms with Gasteiger partial charge in [-0.15, -0.1) is 0 Å². The molecule has 11 heteroatoms. The lowest BCUT2D eigenvalue weighted by molar-refractivity contribution is 0.0903. The number of carbonyl (C=O) groups excluding carboxylic acids is 1. The number of rotatable bonds is 5. The van der Waals surface area contributed by atoms with Crippen molar-refractivity contribution < 1.29 is 13.9 Å². The van der Waals surface area contributed by atoms with Gasteiger partial charge >= 0.3 is 6.03 Å². The summed E-state index contributed by atoms with van der Waals surface area (Å²) < 4.78 is 21.3. The minimum absolute atomic E-state index is 0.0290. The van der Waals surface area contributed by atoms with Crippen LogP contribution in [0, 0.1) is 5.82 Å². The zero-order valence-electron chi connectivity index (χ0n) is 19.4. The molecule has 0 radical (unpaired) electrons. The van der Waals surface area contributed by atoms with Crippen LogP contribution >= 0.6 is 11.6 Å². The Balaban J connectivity index is 1.33. The lowest BCUT2D eigenvalue weighted by atomic mass is 10.0. The second kappa shape index (κ2) is 10.2. The average molecular weight is 500 g/mol. The number of hydrogen-bond acceptors (Lipinski definition) is 6. The monoisotopic (exact) mass is 499 g/mol. The summed E-state index contributed by atoms with van der Waals surface area (Å²) in [7, 11) is 1.78. The van der Waals surface area contributed by atoms with Gasteiger partial charge in [-0.1, -0.05) is 17.7 Å². The van der Waals surface area contributed by atoms with Gasteiger partial charge in [-0.05, 0) is 48.6 Å². The van der Waals surface area contributed by atoms with Crippen molar-refractivity contribution in [2.45, 2.75) is 37.9 Å². The van der Waals surface area contributed by atoms with Crippen LogP contribution in [0.15, 0.2) is 36.7 Å². The molecular weight excluding hydrogens is 473 g/mol. The van der Waals surface area contributed by atoms with Crippen molar-refractivity contribution in [1.82, 2.24) is 30.0 Å². The molecule has 1 fully saturated rings. The predicted octanol–water partition coefficient (Wildman–Crippen LogP) is 3.45. The van der Waals surface area contributed by atoms with Crippen LogP contribution in [0.1, 0.15) is 41.4 Å². The Morgan fingerprint density at radius 1 is 1.29 bits per heavy atom. The molecule has 0 saturated carbocycles. The average Bonchev–Trinajstić information content (AvgIpc) is 3.29. The van der Waals surface area contributed by atoms with Crippen molar-refractivity contribution in [2.75, 3.05) is 25.1 Å². The maximum absolute atomic E-state index is 14.2. The van der Waals surface area contributed by atoms with Crippen LogP contribution in [0.4, 0.5) is 15.1 Å². The zero-order valence-corrected chi connectivity index (χ0v) is 20.1. The standard InChI is InChI=1S/C24H27ClFN7O2/c1-32-21(4-8-28-32)22(15-2-3-18(25)19(26)12-15)31-24(34)33-9-5-16-13-27-23(30-20(16)14-33)29-17-6-10-35-11-7-17/h2-4,8,12-13,17,22H,5-7,9-11,14H2,1H3,(H,31,34)(H,27,29,30)/t22-/m0/s1. The molecule has 4 heterocycles. The molecule has 0 unspecified atom stereocenters. The summed E-state index contributed by atoms with van der Waals surface area (Å²) in [4.78, 5) is 24.2. The number of anilines is 1. The van der Waals surface area contributed by atoms with Gasteiger partial charge in [0.25, 0.3) is 0 Å². The third-order valence-electron chi connectivity index (χ3n) is 6.49. The quantitative estimate of drug-likeness (QED) is 0.558. The number of ether oxygens (including phenoxy) is 1. The molecule has 5 rings (SSSR count). The van der Waals surface area contributed by atoms with E-state index < -0.39 is 11.9 Å². The van der Waals surface area contributed by atoms with Crippen molar-refractivity contribution in [2.24, 2.45) is 7.05 Å². The highest BCUT2D eigenvalue weighted by molar-refractivity contribution is 6.30. The molecule has 0 bridgehead atoms. The number of carbonyl (C=O) groups is 1. The number of nitrogens with one attached hydrogen (secondary N) is 2. The first-order valence-electron chi connectivity index (χ1n) is 11.7. The zero-order chi connectivity index (χ0) is 24.4. The second-order valence-corrected chi connectivity index (χ2v) is 9.21. The van der Waals surface area contributed by atoms with E-state index in [-0.39, 0.29) is 17.1 Å². The molecule has 2 aliphatic heterocycles. The van der Waals surface area contributed by atoms with Crippen molar-refractivity contribution >= 4 is 23.6 Å². The van der Waals surface area contributed by atoms with Gasteiger partial charge in [0.15, 0.2) is 0 Å². The van der Waals surface area contributed by atoms with Crippen LogP contribution in [0.2, 0.25) is 5.02 Å². The van der Waals surface area contributed by atoms with Gasteiger partial charge in [0.1, 0.15) is 5.82 Å². The number of hydrogen-bond donors (Lipinski definition) is 2. The summed E-state index contributed by atoms with van der Waals surface area (Å²) in [6.07, 6.45) is 5.97. The molecule has 0 aliphatic carbocycles. The van der Waals surface area contributed by atoms with E-state index in [1.54, 1.807) is 35.0 Å². The Hall–Kier alpha value is -3.24. The number of nitrogens with zero attached hydrogens (tertiary/aromatic N) is 5. The Bertz CT molecular complexity index is 1210. The third-order valence-corrected chi connectivity index (χ3v) is 6.79. The second-order valence-electron chi connectivity index (χ2n) is 8.80. The highest BCUT2D eigenvalue weighted by Crippen LogP contribution is 2.26. The summed E-state index contributed by atoms with van der Waals surface area (Å²) in [5.74, 6) is 0.0288. The van der Waals surface area contributed by atoms with Gasteiger partial charge < -0.3 is 20.3 Å². The number of amides is 2. The smallest absolute Gasteiger partial charge is 0.318 e. The molecule has 2 aliphatic rings. The summed E-state index contributed by atoms with van der Waals surface area (Å²) in [6.45, 7) is 2.35. The highest BCUT2D eigenvalue weighted by Gasteiger charge is 2.27. The van der Waals surface area contributed by atoms with E-state index in [4.69, 9.17) is 21.3 Å². The van der Waals surface area contributed by atoms with Crippen molar-refractivity contribution in [3.63, 3.8) is 0 Å². The third kappa shape index (κ3) is 5.23. The number of urea groups is 1. The fourth-order valence-electron chi connectivity index (χ4n) is 4.47. The van der Waals surface area contributed by atoms with Crippen LogP contribution in [0.25, 0.3) is 0 Å². The maximum Gasteiger partial charge on any atom is 0.318 e. The molecule has 35 heavy (non-hydrogen) atoms. The van der Waals surface area contributed by atoms with E-state index in [1.807, 2.05) is 6.20 Å². The summed E-state index contributed by atoms with van der Waals surface area (Å²) in [6, 6.07) is 5.75. The van der Waals surface area contributed by atoms with Gasteiger partial charge in [-0.2, -0.15) is 5.10 Å². The van der Waals surface area contributed by atoms with Crippen molar-refractivity contribution in [3.8, 4) is 0 Å². The number of aromatic nitrogens is 4. The fraction of sp³-hybridized carbons (Fsp3) is 0.417. The van der Waals surface area contributed by atoms with Gasteiger partial charge in [0.05, 0.1) is 29.0 Å². The number of halogens is 2. The molecule has 1 aromatic carbocycles. The molecule has 0 spiro atoms.